The molecule has 0 spiro atoms. The molecule has 170 valence electrons. The number of primary amides is 1. The second-order valence-electron chi connectivity index (χ2n) is 7.57. The van der Waals surface area contributed by atoms with E-state index in [1.54, 1.807) is 28.0 Å². The maximum Gasteiger partial charge on any atom is 0.254 e. The summed E-state index contributed by atoms with van der Waals surface area (Å²) >= 11 is 0. The molecule has 0 radical (unpaired) electrons. The van der Waals surface area contributed by atoms with Crippen molar-refractivity contribution in [1.82, 2.24) is 24.6 Å². The molecule has 0 bridgehead atoms. The van der Waals surface area contributed by atoms with Crippen molar-refractivity contribution in [3.8, 4) is 0 Å². The van der Waals surface area contributed by atoms with Crippen LogP contribution in [-0.2, 0) is 4.79 Å². The molecule has 10 nitrogen and oxygen atoms in total. The number of carbonyl (C=O) groups is 2. The molecule has 3 heterocycles. The SMILES string of the molecule is C=CC(=O)N1CCC[C@@H](n2cc(Nc3ncc(C(N)=O)c(Nc4cccc(F)c4)n3)cn2)C1. The Labute approximate surface area is 189 Å². The Bertz CT molecular complexity index is 1190. The number of nitrogens with one attached hydrogen (secondary N) is 2. The summed E-state index contributed by atoms with van der Waals surface area (Å²) in [5.74, 6) is -0.901. The van der Waals surface area contributed by atoms with Crippen molar-refractivity contribution in [3.63, 3.8) is 0 Å². The second kappa shape index (κ2) is 9.47. The lowest BCUT2D eigenvalue weighted by molar-refractivity contribution is -0.127. The Morgan fingerprint density at radius 1 is 1.24 bits per heavy atom. The summed E-state index contributed by atoms with van der Waals surface area (Å²) in [5, 5.41) is 10.3. The van der Waals surface area contributed by atoms with Crippen LogP contribution >= 0.6 is 0 Å². The summed E-state index contributed by atoms with van der Waals surface area (Å²) in [6.45, 7) is 4.81. The smallest absolute Gasteiger partial charge is 0.254 e. The molecule has 33 heavy (non-hydrogen) atoms. The number of benzene rings is 1. The predicted octanol–water partition coefficient (Wildman–Crippen LogP) is 2.75. The third kappa shape index (κ3) is 5.14. The first-order valence-electron chi connectivity index (χ1n) is 10.3. The van der Waals surface area contributed by atoms with Gasteiger partial charge in [0.15, 0.2) is 0 Å². The van der Waals surface area contributed by atoms with E-state index in [2.05, 4.69) is 32.3 Å². The summed E-state index contributed by atoms with van der Waals surface area (Å²) < 4.78 is 15.3. The lowest BCUT2D eigenvalue weighted by atomic mass is 10.1. The van der Waals surface area contributed by atoms with Crippen molar-refractivity contribution in [2.24, 2.45) is 5.73 Å². The Kier molecular flexibility index (Phi) is 6.29. The maximum absolute atomic E-state index is 13.5. The Hall–Kier alpha value is -4.28. The lowest BCUT2D eigenvalue weighted by Gasteiger charge is -2.32. The molecule has 1 saturated heterocycles. The lowest BCUT2D eigenvalue weighted by Crippen LogP contribution is -2.39. The van der Waals surface area contributed by atoms with Crippen LogP contribution in [0.15, 0.2) is 55.5 Å². The van der Waals surface area contributed by atoms with E-state index in [9.17, 15) is 14.0 Å². The zero-order chi connectivity index (χ0) is 23.4. The Morgan fingerprint density at radius 3 is 2.85 bits per heavy atom. The second-order valence-corrected chi connectivity index (χ2v) is 7.57. The van der Waals surface area contributed by atoms with Gasteiger partial charge in [-0.15, -0.1) is 0 Å². The highest BCUT2D eigenvalue weighted by atomic mass is 19.1. The minimum atomic E-state index is -0.718. The summed E-state index contributed by atoms with van der Waals surface area (Å²) in [7, 11) is 0. The van der Waals surface area contributed by atoms with Gasteiger partial charge in [-0.1, -0.05) is 12.6 Å². The van der Waals surface area contributed by atoms with Gasteiger partial charge in [0.05, 0.1) is 17.9 Å². The number of piperidine rings is 1. The van der Waals surface area contributed by atoms with Crippen LogP contribution in [0.3, 0.4) is 0 Å². The number of rotatable bonds is 7. The number of nitrogens with two attached hydrogens (primary N) is 1. The minimum absolute atomic E-state index is 0.0431. The fourth-order valence-corrected chi connectivity index (χ4v) is 3.65. The molecule has 1 aliphatic rings. The van der Waals surface area contributed by atoms with E-state index in [-0.39, 0.29) is 29.3 Å². The van der Waals surface area contributed by atoms with Crippen LogP contribution in [-0.4, -0.2) is 49.6 Å². The van der Waals surface area contributed by atoms with Crippen LogP contribution in [0.25, 0.3) is 0 Å². The summed E-state index contributed by atoms with van der Waals surface area (Å²) in [6.07, 6.45) is 7.81. The number of halogens is 1. The minimum Gasteiger partial charge on any atom is -0.365 e. The van der Waals surface area contributed by atoms with Crippen molar-refractivity contribution in [1.29, 1.82) is 0 Å². The van der Waals surface area contributed by atoms with E-state index in [0.717, 1.165) is 12.8 Å². The number of hydrogen-bond donors (Lipinski definition) is 3. The van der Waals surface area contributed by atoms with E-state index in [4.69, 9.17) is 5.73 Å². The standard InChI is InChI=1S/C22H23FN8O2/c1-2-19(32)30-8-4-7-17(13-30)31-12-16(10-26-31)28-22-25-11-18(20(24)33)21(29-22)27-15-6-3-5-14(23)9-15/h2-3,5-6,9-12,17H,1,4,7-8,13H2,(H2,24,33)(H2,25,27,28,29)/t17-/m1/s1. The van der Waals surface area contributed by atoms with E-state index in [1.165, 1.54) is 30.5 Å². The van der Waals surface area contributed by atoms with Crippen LogP contribution in [0.4, 0.5) is 27.5 Å². The number of likely N-dealkylation sites (tertiary alicyclic amines) is 1. The molecule has 0 aliphatic carbocycles. The van der Waals surface area contributed by atoms with Crippen LogP contribution in [0.2, 0.25) is 0 Å². The first-order chi connectivity index (χ1) is 15.9. The molecule has 1 aliphatic heterocycles. The average Bonchev–Trinajstić information content (AvgIpc) is 3.27. The van der Waals surface area contributed by atoms with Gasteiger partial charge in [0.1, 0.15) is 17.2 Å². The highest BCUT2D eigenvalue weighted by molar-refractivity contribution is 5.98. The molecule has 11 heteroatoms. The number of aromatic nitrogens is 4. The first kappa shape index (κ1) is 21.9. The van der Waals surface area contributed by atoms with Gasteiger partial charge in [0.2, 0.25) is 11.9 Å². The third-order valence-electron chi connectivity index (χ3n) is 5.26. The van der Waals surface area contributed by atoms with Crippen molar-refractivity contribution in [2.45, 2.75) is 18.9 Å². The van der Waals surface area contributed by atoms with E-state index < -0.39 is 11.7 Å². The Balaban J connectivity index is 1.51. The largest absolute Gasteiger partial charge is 0.365 e. The van der Waals surface area contributed by atoms with Crippen LogP contribution in [0.1, 0.15) is 29.2 Å². The van der Waals surface area contributed by atoms with Crippen LogP contribution in [0, 0.1) is 5.82 Å². The maximum atomic E-state index is 13.5. The number of hydrogen-bond acceptors (Lipinski definition) is 7. The topological polar surface area (TPSA) is 131 Å². The van der Waals surface area contributed by atoms with Gasteiger partial charge in [-0.25, -0.2) is 9.37 Å². The highest BCUT2D eigenvalue weighted by Gasteiger charge is 2.24. The molecule has 2 aromatic heterocycles. The molecule has 1 fully saturated rings. The molecule has 4 N–H and O–H groups in total. The molecule has 3 aromatic rings. The molecule has 4 rings (SSSR count). The molecule has 1 aromatic carbocycles. The van der Waals surface area contributed by atoms with Crippen molar-refractivity contribution >= 4 is 35.0 Å². The zero-order valence-electron chi connectivity index (χ0n) is 17.7. The van der Waals surface area contributed by atoms with Crippen molar-refractivity contribution in [3.05, 3.63) is 66.9 Å². The fraction of sp³-hybridized carbons (Fsp3) is 0.227. The van der Waals surface area contributed by atoms with Gasteiger partial charge in [0, 0.05) is 31.2 Å². The molecule has 1 atom stereocenters. The molecular weight excluding hydrogens is 427 g/mol. The summed E-state index contributed by atoms with van der Waals surface area (Å²) in [4.78, 5) is 33.9. The fourth-order valence-electron chi connectivity index (χ4n) is 3.65. The number of amides is 2. The first-order valence-corrected chi connectivity index (χ1v) is 10.3. The van der Waals surface area contributed by atoms with Gasteiger partial charge in [-0.3, -0.25) is 14.3 Å². The van der Waals surface area contributed by atoms with Gasteiger partial charge < -0.3 is 21.3 Å². The Morgan fingerprint density at radius 2 is 2.09 bits per heavy atom. The number of carbonyl (C=O) groups excluding carboxylic acids is 2. The van der Waals surface area contributed by atoms with E-state index in [1.807, 2.05) is 0 Å². The molecule has 0 saturated carbocycles. The van der Waals surface area contributed by atoms with Gasteiger partial charge >= 0.3 is 0 Å². The average molecular weight is 450 g/mol. The number of anilines is 4. The quantitative estimate of drug-likeness (QED) is 0.472. The van der Waals surface area contributed by atoms with Gasteiger partial charge in [-0.05, 0) is 37.1 Å². The normalized spacial score (nSPS) is 15.7. The molecule has 2 amide bonds. The zero-order valence-corrected chi connectivity index (χ0v) is 17.7. The highest BCUT2D eigenvalue weighted by Crippen LogP contribution is 2.25. The summed E-state index contributed by atoms with van der Waals surface area (Å²) in [6, 6.07) is 5.79. The van der Waals surface area contributed by atoms with Crippen LogP contribution in [0.5, 0.6) is 0 Å². The number of nitrogens with zero attached hydrogens (tertiary/aromatic N) is 5. The molecular formula is C22H23FN8O2. The van der Waals surface area contributed by atoms with Gasteiger partial charge in [0.25, 0.3) is 5.91 Å². The van der Waals surface area contributed by atoms with Crippen molar-refractivity contribution < 1.29 is 14.0 Å². The third-order valence-corrected chi connectivity index (χ3v) is 5.26. The predicted molar refractivity (Wildman–Crippen MR) is 121 cm³/mol. The van der Waals surface area contributed by atoms with E-state index >= 15 is 0 Å². The van der Waals surface area contributed by atoms with Crippen LogP contribution < -0.4 is 16.4 Å². The summed E-state index contributed by atoms with van der Waals surface area (Å²) in [5.41, 5.74) is 6.53. The molecule has 0 unspecified atom stereocenters. The van der Waals surface area contributed by atoms with Gasteiger partial charge in [-0.2, -0.15) is 10.1 Å². The van der Waals surface area contributed by atoms with E-state index in [0.29, 0.717) is 24.5 Å². The van der Waals surface area contributed by atoms with Crippen molar-refractivity contribution in [2.75, 3.05) is 23.7 Å². The monoisotopic (exact) mass is 450 g/mol.